The summed E-state index contributed by atoms with van der Waals surface area (Å²) in [6.45, 7) is 2.35. The minimum Gasteiger partial charge on any atom is -0.545 e. The fourth-order valence-electron chi connectivity index (χ4n) is 3.43. The minimum atomic E-state index is -1.48. The zero-order chi connectivity index (χ0) is 24.6. The van der Waals surface area contributed by atoms with Crippen molar-refractivity contribution in [1.29, 1.82) is 0 Å². The number of carbonyl (C=O) groups is 3. The van der Waals surface area contributed by atoms with Gasteiger partial charge >= 0.3 is 35.5 Å². The molecule has 0 atom stereocenters. The molecule has 0 saturated heterocycles. The van der Waals surface area contributed by atoms with Crippen molar-refractivity contribution >= 4 is 17.8 Å². The van der Waals surface area contributed by atoms with Gasteiger partial charge in [-0.25, -0.2) is 4.79 Å². The number of carboxylic acids is 1. The van der Waals surface area contributed by atoms with Crippen LogP contribution in [-0.4, -0.2) is 54.2 Å². The van der Waals surface area contributed by atoms with E-state index >= 15 is 0 Å². The van der Waals surface area contributed by atoms with Crippen LogP contribution >= 0.6 is 0 Å². The van der Waals surface area contributed by atoms with Gasteiger partial charge < -0.3 is 24.6 Å². The van der Waals surface area contributed by atoms with Gasteiger partial charge in [0, 0.05) is 19.0 Å². The number of hydrogen-bond acceptors (Lipinski definition) is 6. The minimum absolute atomic E-state index is 0. The van der Waals surface area contributed by atoms with Gasteiger partial charge in [0.15, 0.2) is 0 Å². The maximum Gasteiger partial charge on any atom is 1.00 e. The summed E-state index contributed by atoms with van der Waals surface area (Å²) >= 11 is 0. The first-order valence-corrected chi connectivity index (χ1v) is 12.6. The van der Waals surface area contributed by atoms with E-state index in [4.69, 9.17) is 9.84 Å². The third-order valence-electron chi connectivity index (χ3n) is 5.34. The van der Waals surface area contributed by atoms with E-state index in [9.17, 15) is 19.5 Å². The average Bonchev–Trinajstić information content (AvgIpc) is 2.79. The predicted molar refractivity (Wildman–Crippen MR) is 128 cm³/mol. The van der Waals surface area contributed by atoms with E-state index in [2.05, 4.69) is 19.1 Å². The monoisotopic (exact) mass is 489 g/mol. The first-order chi connectivity index (χ1) is 16.0. The van der Waals surface area contributed by atoms with Crippen LogP contribution in [0.2, 0.25) is 0 Å². The van der Waals surface area contributed by atoms with Crippen molar-refractivity contribution in [2.24, 2.45) is 0 Å². The molecule has 34 heavy (non-hydrogen) atoms. The molecular formula is C26H44NNaO6. The Morgan fingerprint density at radius 2 is 1.38 bits per heavy atom. The molecular weight excluding hydrogens is 445 g/mol. The zero-order valence-corrected chi connectivity index (χ0v) is 23.5. The summed E-state index contributed by atoms with van der Waals surface area (Å²) < 4.78 is 4.85. The second-order valence-corrected chi connectivity index (χ2v) is 8.26. The van der Waals surface area contributed by atoms with Crippen LogP contribution in [0.15, 0.2) is 24.3 Å². The molecule has 0 aromatic rings. The van der Waals surface area contributed by atoms with E-state index < -0.39 is 11.9 Å². The number of aliphatic hydroxyl groups is 1. The Bertz CT molecular complexity index is 580. The van der Waals surface area contributed by atoms with Crippen molar-refractivity contribution in [3.8, 4) is 0 Å². The molecule has 0 radical (unpaired) electrons. The van der Waals surface area contributed by atoms with Crippen molar-refractivity contribution in [3.63, 3.8) is 0 Å². The number of rotatable bonds is 22. The van der Waals surface area contributed by atoms with Crippen molar-refractivity contribution < 1.29 is 58.9 Å². The number of carbonyl (C=O) groups excluding carboxylic acids is 3. The molecule has 0 spiro atoms. The van der Waals surface area contributed by atoms with Crippen LogP contribution in [0.1, 0.15) is 96.8 Å². The molecule has 0 rings (SSSR count). The first kappa shape index (κ1) is 35.0. The average molecular weight is 490 g/mol. The second kappa shape index (κ2) is 26.5. The molecule has 0 aliphatic carbocycles. The van der Waals surface area contributed by atoms with Crippen molar-refractivity contribution in [3.05, 3.63) is 24.3 Å². The maximum atomic E-state index is 12.3. The third kappa shape index (κ3) is 24.0. The van der Waals surface area contributed by atoms with E-state index in [1.807, 2.05) is 0 Å². The summed E-state index contributed by atoms with van der Waals surface area (Å²) in [6, 6.07) is 0. The van der Waals surface area contributed by atoms with Crippen LogP contribution < -0.4 is 34.7 Å². The number of hydrogen-bond donors (Lipinski definition) is 1. The standard InChI is InChI=1S/C26H45NO6.Na/c1-2-3-4-5-6-7-8-9-10-11-12-13-14-15-16-17-24(29)27(20-22-28)21-23-33-26(32)19-18-25(30)31;/h9-10,18-19,28H,2-8,11-17,20-23H2,1H3,(H,30,31);/q;+1/p-1/b10-9?,19-18-;. The van der Waals surface area contributed by atoms with Crippen LogP contribution in [0, 0.1) is 0 Å². The molecule has 0 aromatic carbocycles. The summed E-state index contributed by atoms with van der Waals surface area (Å²) in [5.41, 5.74) is 0. The number of aliphatic hydroxyl groups excluding tert-OH is 1. The molecule has 0 fully saturated rings. The summed E-state index contributed by atoms with van der Waals surface area (Å²) in [6.07, 6.45) is 21.9. The molecule has 0 aliphatic rings. The molecule has 7 nitrogen and oxygen atoms in total. The number of nitrogens with zero attached hydrogens (tertiary/aromatic N) is 1. The zero-order valence-electron chi connectivity index (χ0n) is 21.5. The van der Waals surface area contributed by atoms with Gasteiger partial charge in [-0.1, -0.05) is 70.4 Å². The summed E-state index contributed by atoms with van der Waals surface area (Å²) in [4.78, 5) is 35.4. The van der Waals surface area contributed by atoms with Gasteiger partial charge in [0.25, 0.3) is 0 Å². The van der Waals surface area contributed by atoms with Gasteiger partial charge in [-0.2, -0.15) is 0 Å². The molecule has 190 valence electrons. The number of aliphatic carboxylic acids is 1. The van der Waals surface area contributed by atoms with Gasteiger partial charge in [-0.05, 0) is 38.2 Å². The molecule has 0 unspecified atom stereocenters. The Kier molecular flexibility index (Phi) is 27.2. The van der Waals surface area contributed by atoms with Crippen LogP contribution in [0.4, 0.5) is 0 Å². The van der Waals surface area contributed by atoms with Gasteiger partial charge in [-0.3, -0.25) is 4.79 Å². The quantitative estimate of drug-likeness (QED) is 0.0789. The van der Waals surface area contributed by atoms with Gasteiger partial charge in [0.1, 0.15) is 6.61 Å². The number of carboxylic acid groups (broad SMARTS) is 1. The third-order valence-corrected chi connectivity index (χ3v) is 5.34. The fourth-order valence-corrected chi connectivity index (χ4v) is 3.43. The van der Waals surface area contributed by atoms with E-state index in [1.54, 1.807) is 0 Å². The molecule has 1 N–H and O–H groups in total. The Morgan fingerprint density at radius 3 is 1.94 bits per heavy atom. The molecule has 8 heteroatoms. The fraction of sp³-hybridized carbons (Fsp3) is 0.731. The van der Waals surface area contributed by atoms with Crippen molar-refractivity contribution in [2.75, 3.05) is 26.3 Å². The Balaban J connectivity index is 0. The van der Waals surface area contributed by atoms with E-state index in [1.165, 1.54) is 56.3 Å². The van der Waals surface area contributed by atoms with Crippen LogP contribution in [0.25, 0.3) is 0 Å². The van der Waals surface area contributed by atoms with Gasteiger partial charge in [0.05, 0.1) is 19.1 Å². The summed E-state index contributed by atoms with van der Waals surface area (Å²) in [7, 11) is 0. The van der Waals surface area contributed by atoms with Crippen LogP contribution in [-0.2, 0) is 19.1 Å². The molecule has 0 aliphatic heterocycles. The Labute approximate surface area is 228 Å². The largest absolute Gasteiger partial charge is 1.00 e. The van der Waals surface area contributed by atoms with Crippen LogP contribution in [0.5, 0.6) is 0 Å². The molecule has 0 aromatic heterocycles. The van der Waals surface area contributed by atoms with Gasteiger partial charge in [-0.15, -0.1) is 0 Å². The number of amides is 1. The van der Waals surface area contributed by atoms with Crippen molar-refractivity contribution in [1.82, 2.24) is 4.90 Å². The normalized spacial score (nSPS) is 11.0. The summed E-state index contributed by atoms with van der Waals surface area (Å²) in [5, 5.41) is 19.4. The molecule has 0 bridgehead atoms. The molecule has 0 saturated carbocycles. The Hall–Kier alpha value is -1.15. The van der Waals surface area contributed by atoms with E-state index in [0.717, 1.165) is 38.2 Å². The molecule has 1 amide bonds. The number of unbranched alkanes of at least 4 members (excludes halogenated alkanes) is 11. The number of esters is 1. The number of allylic oxidation sites excluding steroid dienone is 2. The number of ether oxygens (including phenoxy) is 1. The first-order valence-electron chi connectivity index (χ1n) is 12.6. The Morgan fingerprint density at radius 1 is 0.824 bits per heavy atom. The van der Waals surface area contributed by atoms with E-state index in [0.29, 0.717) is 12.5 Å². The molecule has 0 heterocycles. The second-order valence-electron chi connectivity index (χ2n) is 8.26. The smallest absolute Gasteiger partial charge is 0.545 e. The van der Waals surface area contributed by atoms with Crippen molar-refractivity contribution in [2.45, 2.75) is 96.8 Å². The summed E-state index contributed by atoms with van der Waals surface area (Å²) in [5.74, 6) is -2.38. The predicted octanol–water partition coefficient (Wildman–Crippen LogP) is 0.698. The topological polar surface area (TPSA) is 107 Å². The van der Waals surface area contributed by atoms with Crippen LogP contribution in [0.3, 0.4) is 0 Å². The van der Waals surface area contributed by atoms with Gasteiger partial charge in [0.2, 0.25) is 5.91 Å². The maximum absolute atomic E-state index is 12.3. The SMILES string of the molecule is CCCCCCCCC=CCCCCCCCC(=O)N(CCO)CCOC(=O)/C=C\C(=O)[O-].[Na+]. The van der Waals surface area contributed by atoms with E-state index in [-0.39, 0.29) is 61.8 Å².